The third-order valence-electron chi connectivity index (χ3n) is 2.73. The Morgan fingerprint density at radius 1 is 1.50 bits per heavy atom. The minimum absolute atomic E-state index is 0.224. The van der Waals surface area contributed by atoms with Crippen molar-refractivity contribution >= 4 is 5.91 Å². The van der Waals surface area contributed by atoms with Crippen LogP contribution in [0.1, 0.15) is 43.4 Å². The van der Waals surface area contributed by atoms with Crippen LogP contribution >= 0.6 is 0 Å². The SMILES string of the molecule is CCn1c(CCC(C)C)ccc1C(=O)NN. The highest BCUT2D eigenvalue weighted by molar-refractivity contribution is 5.92. The monoisotopic (exact) mass is 223 g/mol. The predicted octanol–water partition coefficient (Wildman–Crippen LogP) is 1.70. The second kappa shape index (κ2) is 5.70. The number of nitrogens with zero attached hydrogens (tertiary/aromatic N) is 1. The first-order valence-electron chi connectivity index (χ1n) is 5.79. The number of nitrogens with one attached hydrogen (secondary N) is 1. The number of amides is 1. The van der Waals surface area contributed by atoms with Crippen LogP contribution in [0, 0.1) is 5.92 Å². The molecule has 0 saturated heterocycles. The van der Waals surface area contributed by atoms with E-state index in [-0.39, 0.29) is 5.91 Å². The van der Waals surface area contributed by atoms with Gasteiger partial charge in [0.2, 0.25) is 0 Å². The molecule has 0 spiro atoms. The highest BCUT2D eigenvalue weighted by Gasteiger charge is 2.12. The third-order valence-corrected chi connectivity index (χ3v) is 2.73. The van der Waals surface area contributed by atoms with Crippen LogP contribution in [-0.2, 0) is 13.0 Å². The largest absolute Gasteiger partial charge is 0.341 e. The van der Waals surface area contributed by atoms with Gasteiger partial charge in [0.05, 0.1) is 0 Å². The maximum Gasteiger partial charge on any atom is 0.281 e. The lowest BCUT2D eigenvalue weighted by atomic mass is 10.1. The molecule has 0 radical (unpaired) electrons. The minimum atomic E-state index is -0.224. The average molecular weight is 223 g/mol. The fraction of sp³-hybridized carbons (Fsp3) is 0.583. The quantitative estimate of drug-likeness (QED) is 0.453. The molecule has 0 aliphatic rings. The van der Waals surface area contributed by atoms with E-state index >= 15 is 0 Å². The van der Waals surface area contributed by atoms with E-state index in [1.54, 1.807) is 0 Å². The van der Waals surface area contributed by atoms with Gasteiger partial charge in [0.1, 0.15) is 5.69 Å². The summed E-state index contributed by atoms with van der Waals surface area (Å²) in [4.78, 5) is 11.5. The Balaban J connectivity index is 2.86. The molecule has 16 heavy (non-hydrogen) atoms. The van der Waals surface area contributed by atoms with Gasteiger partial charge in [-0.15, -0.1) is 0 Å². The number of aromatic nitrogens is 1. The van der Waals surface area contributed by atoms with Crippen LogP contribution in [0.5, 0.6) is 0 Å². The normalized spacial score (nSPS) is 10.8. The first-order chi connectivity index (χ1) is 7.60. The average Bonchev–Trinajstić information content (AvgIpc) is 2.67. The van der Waals surface area contributed by atoms with Crippen LogP contribution in [0.3, 0.4) is 0 Å². The first-order valence-corrected chi connectivity index (χ1v) is 5.79. The van der Waals surface area contributed by atoms with Crippen LogP contribution in [-0.4, -0.2) is 10.5 Å². The van der Waals surface area contributed by atoms with E-state index in [2.05, 4.69) is 19.3 Å². The molecule has 1 aromatic rings. The van der Waals surface area contributed by atoms with Crippen molar-refractivity contribution in [2.24, 2.45) is 11.8 Å². The van der Waals surface area contributed by atoms with Gasteiger partial charge in [-0.2, -0.15) is 0 Å². The number of hydrazine groups is 1. The number of rotatable bonds is 5. The second-order valence-corrected chi connectivity index (χ2v) is 4.36. The zero-order valence-corrected chi connectivity index (χ0v) is 10.3. The van der Waals surface area contributed by atoms with Crippen molar-refractivity contribution in [3.8, 4) is 0 Å². The Morgan fingerprint density at radius 2 is 2.19 bits per heavy atom. The zero-order valence-electron chi connectivity index (χ0n) is 10.3. The maximum absolute atomic E-state index is 11.5. The molecule has 0 aliphatic carbocycles. The van der Waals surface area contributed by atoms with E-state index in [4.69, 9.17) is 5.84 Å². The molecule has 4 heteroatoms. The zero-order chi connectivity index (χ0) is 12.1. The molecule has 90 valence electrons. The van der Waals surface area contributed by atoms with Gasteiger partial charge >= 0.3 is 0 Å². The second-order valence-electron chi connectivity index (χ2n) is 4.36. The van der Waals surface area contributed by atoms with Crippen LogP contribution in [0.15, 0.2) is 12.1 Å². The van der Waals surface area contributed by atoms with Crippen molar-refractivity contribution < 1.29 is 4.79 Å². The van der Waals surface area contributed by atoms with Crippen molar-refractivity contribution in [1.82, 2.24) is 9.99 Å². The predicted molar refractivity (Wildman–Crippen MR) is 64.9 cm³/mol. The van der Waals surface area contributed by atoms with Gasteiger partial charge < -0.3 is 4.57 Å². The van der Waals surface area contributed by atoms with E-state index in [1.807, 2.05) is 23.6 Å². The van der Waals surface area contributed by atoms with Gasteiger partial charge in [-0.05, 0) is 37.8 Å². The highest BCUT2D eigenvalue weighted by atomic mass is 16.2. The molecular formula is C12H21N3O. The van der Waals surface area contributed by atoms with Gasteiger partial charge in [-0.1, -0.05) is 13.8 Å². The van der Waals surface area contributed by atoms with Crippen molar-refractivity contribution in [3.05, 3.63) is 23.5 Å². The van der Waals surface area contributed by atoms with Crippen molar-refractivity contribution in [2.45, 2.75) is 40.2 Å². The van der Waals surface area contributed by atoms with E-state index in [0.717, 1.165) is 19.4 Å². The number of carbonyl (C=O) groups excluding carboxylic acids is 1. The van der Waals surface area contributed by atoms with E-state index in [0.29, 0.717) is 11.6 Å². The lowest BCUT2D eigenvalue weighted by molar-refractivity contribution is 0.0944. The molecule has 1 rings (SSSR count). The lowest BCUT2D eigenvalue weighted by Crippen LogP contribution is -2.32. The molecule has 3 N–H and O–H groups in total. The molecule has 0 aromatic carbocycles. The summed E-state index contributed by atoms with van der Waals surface area (Å²) in [6, 6.07) is 3.85. The highest BCUT2D eigenvalue weighted by Crippen LogP contribution is 2.14. The van der Waals surface area contributed by atoms with Crippen molar-refractivity contribution in [1.29, 1.82) is 0 Å². The fourth-order valence-electron chi connectivity index (χ4n) is 1.81. The number of hydrogen-bond donors (Lipinski definition) is 2. The molecule has 4 nitrogen and oxygen atoms in total. The summed E-state index contributed by atoms with van der Waals surface area (Å²) in [5.74, 6) is 5.59. The summed E-state index contributed by atoms with van der Waals surface area (Å²) >= 11 is 0. The van der Waals surface area contributed by atoms with Gasteiger partial charge in [-0.3, -0.25) is 10.2 Å². The van der Waals surface area contributed by atoms with Gasteiger partial charge in [0.25, 0.3) is 5.91 Å². The lowest BCUT2D eigenvalue weighted by Gasteiger charge is -2.11. The molecule has 0 unspecified atom stereocenters. The summed E-state index contributed by atoms with van der Waals surface area (Å²) in [6.45, 7) is 7.23. The van der Waals surface area contributed by atoms with E-state index in [1.165, 1.54) is 5.69 Å². The molecule has 0 fully saturated rings. The number of nitrogen functional groups attached to an aromatic ring is 1. The number of carbonyl (C=O) groups is 1. The fourth-order valence-corrected chi connectivity index (χ4v) is 1.81. The molecule has 0 bridgehead atoms. The minimum Gasteiger partial charge on any atom is -0.341 e. The molecule has 1 aromatic heterocycles. The van der Waals surface area contributed by atoms with Crippen molar-refractivity contribution in [2.75, 3.05) is 0 Å². The van der Waals surface area contributed by atoms with Crippen LogP contribution in [0.25, 0.3) is 0 Å². The Bertz CT molecular complexity index is 355. The number of aryl methyl sites for hydroxylation is 1. The smallest absolute Gasteiger partial charge is 0.281 e. The van der Waals surface area contributed by atoms with Gasteiger partial charge in [0.15, 0.2) is 0 Å². The Labute approximate surface area is 96.8 Å². The topological polar surface area (TPSA) is 60.0 Å². The first kappa shape index (κ1) is 12.8. The van der Waals surface area contributed by atoms with Gasteiger partial charge in [-0.25, -0.2) is 5.84 Å². The van der Waals surface area contributed by atoms with Crippen LogP contribution in [0.2, 0.25) is 0 Å². The summed E-state index contributed by atoms with van der Waals surface area (Å²) < 4.78 is 2.02. The Morgan fingerprint density at radius 3 is 2.69 bits per heavy atom. The molecule has 1 amide bonds. The molecule has 0 saturated carbocycles. The Kier molecular flexibility index (Phi) is 4.55. The molecule has 0 aliphatic heterocycles. The van der Waals surface area contributed by atoms with E-state index in [9.17, 15) is 4.79 Å². The summed E-state index contributed by atoms with van der Waals surface area (Å²) in [6.07, 6.45) is 2.14. The van der Waals surface area contributed by atoms with Crippen molar-refractivity contribution in [3.63, 3.8) is 0 Å². The maximum atomic E-state index is 11.5. The summed E-state index contributed by atoms with van der Waals surface area (Å²) in [7, 11) is 0. The molecule has 0 atom stereocenters. The Hall–Kier alpha value is -1.29. The van der Waals surface area contributed by atoms with Gasteiger partial charge in [0, 0.05) is 12.2 Å². The number of hydrogen-bond acceptors (Lipinski definition) is 2. The standard InChI is InChI=1S/C12H21N3O/c1-4-15-10(6-5-9(2)3)7-8-11(15)12(16)14-13/h7-9H,4-6,13H2,1-3H3,(H,14,16). The summed E-state index contributed by atoms with van der Waals surface area (Å²) in [5.41, 5.74) is 4.02. The summed E-state index contributed by atoms with van der Waals surface area (Å²) in [5, 5.41) is 0. The van der Waals surface area contributed by atoms with Crippen LogP contribution in [0.4, 0.5) is 0 Å². The number of nitrogens with two attached hydrogens (primary N) is 1. The third kappa shape index (κ3) is 2.85. The molecular weight excluding hydrogens is 202 g/mol. The van der Waals surface area contributed by atoms with Crippen LogP contribution < -0.4 is 11.3 Å². The molecule has 1 heterocycles. The van der Waals surface area contributed by atoms with E-state index < -0.39 is 0 Å².